The van der Waals surface area contributed by atoms with Gasteiger partial charge in [0.25, 0.3) is 0 Å². The van der Waals surface area contributed by atoms with Gasteiger partial charge in [-0.15, -0.1) is 0 Å². The van der Waals surface area contributed by atoms with Crippen molar-refractivity contribution in [2.75, 3.05) is 13.2 Å². The number of hydrogen-bond acceptors (Lipinski definition) is 3. The minimum Gasteiger partial charge on any atom is -0.492 e. The molecule has 0 bridgehead atoms. The van der Waals surface area contributed by atoms with Crippen molar-refractivity contribution >= 4 is 27.9 Å². The van der Waals surface area contributed by atoms with Crippen molar-refractivity contribution in [2.45, 2.75) is 13.0 Å². The highest BCUT2D eigenvalue weighted by Gasteiger charge is 2.12. The molecule has 0 spiro atoms. The molecule has 0 fully saturated rings. The Bertz CT molecular complexity index is 436. The van der Waals surface area contributed by atoms with Crippen molar-refractivity contribution < 1.29 is 19.4 Å². The van der Waals surface area contributed by atoms with Gasteiger partial charge in [-0.05, 0) is 31.2 Å². The monoisotopic (exact) mass is 330 g/mol. The second-order valence-corrected chi connectivity index (χ2v) is 4.68. The van der Waals surface area contributed by atoms with E-state index in [0.717, 1.165) is 4.47 Å². The third kappa shape index (κ3) is 6.10. The van der Waals surface area contributed by atoms with Crippen molar-refractivity contribution in [3.63, 3.8) is 0 Å². The molecule has 0 saturated carbocycles. The van der Waals surface area contributed by atoms with Gasteiger partial charge in [0, 0.05) is 4.47 Å². The standard InChI is InChI=1S/C12H15BrN2O4/c1-8(11(16)17)15-12(18)14-6-7-19-10-4-2-9(13)3-5-10/h2-5,8H,6-7H2,1H3,(H,16,17)(H2,14,15,18). The lowest BCUT2D eigenvalue weighted by molar-refractivity contribution is -0.138. The number of rotatable bonds is 6. The van der Waals surface area contributed by atoms with E-state index < -0.39 is 18.0 Å². The highest BCUT2D eigenvalue weighted by molar-refractivity contribution is 9.10. The summed E-state index contributed by atoms with van der Waals surface area (Å²) in [5, 5.41) is 13.4. The van der Waals surface area contributed by atoms with E-state index in [1.807, 2.05) is 12.1 Å². The second kappa shape index (κ2) is 7.63. The number of nitrogens with one attached hydrogen (secondary N) is 2. The van der Waals surface area contributed by atoms with Crippen LogP contribution in [-0.2, 0) is 4.79 Å². The summed E-state index contributed by atoms with van der Waals surface area (Å²) in [5.74, 6) is -0.384. The van der Waals surface area contributed by atoms with Crippen molar-refractivity contribution in [1.29, 1.82) is 0 Å². The van der Waals surface area contributed by atoms with Crippen LogP contribution in [0.25, 0.3) is 0 Å². The third-order valence-corrected chi connectivity index (χ3v) is 2.72. The summed E-state index contributed by atoms with van der Waals surface area (Å²) in [5.41, 5.74) is 0. The Hall–Kier alpha value is -1.76. The molecule has 7 heteroatoms. The van der Waals surface area contributed by atoms with E-state index in [1.54, 1.807) is 12.1 Å². The van der Waals surface area contributed by atoms with Crippen molar-refractivity contribution in [3.05, 3.63) is 28.7 Å². The molecular weight excluding hydrogens is 316 g/mol. The first-order valence-electron chi connectivity index (χ1n) is 5.64. The van der Waals surface area contributed by atoms with Gasteiger partial charge in [-0.1, -0.05) is 15.9 Å². The molecule has 1 aromatic carbocycles. The van der Waals surface area contributed by atoms with E-state index in [9.17, 15) is 9.59 Å². The fourth-order valence-electron chi connectivity index (χ4n) is 1.17. The van der Waals surface area contributed by atoms with Crippen LogP contribution in [0.1, 0.15) is 6.92 Å². The zero-order valence-electron chi connectivity index (χ0n) is 10.4. The van der Waals surface area contributed by atoms with E-state index in [4.69, 9.17) is 9.84 Å². The predicted molar refractivity (Wildman–Crippen MR) is 73.3 cm³/mol. The SMILES string of the molecule is CC(NC(=O)NCCOc1ccc(Br)cc1)C(=O)O. The Morgan fingerprint density at radius 2 is 2.00 bits per heavy atom. The lowest BCUT2D eigenvalue weighted by Gasteiger charge is -2.11. The zero-order valence-corrected chi connectivity index (χ0v) is 11.9. The van der Waals surface area contributed by atoms with Crippen LogP contribution in [0.3, 0.4) is 0 Å². The molecule has 1 unspecified atom stereocenters. The van der Waals surface area contributed by atoms with Gasteiger partial charge in [0.15, 0.2) is 0 Å². The third-order valence-electron chi connectivity index (χ3n) is 2.19. The number of carboxylic acid groups (broad SMARTS) is 1. The number of carboxylic acids is 1. The Morgan fingerprint density at radius 1 is 1.37 bits per heavy atom. The topological polar surface area (TPSA) is 87.7 Å². The first kappa shape index (κ1) is 15.3. The molecule has 1 atom stereocenters. The molecule has 0 aliphatic carbocycles. The van der Waals surface area contributed by atoms with Gasteiger partial charge in [-0.3, -0.25) is 4.79 Å². The second-order valence-electron chi connectivity index (χ2n) is 3.76. The number of amides is 2. The van der Waals surface area contributed by atoms with E-state index in [-0.39, 0.29) is 6.54 Å². The van der Waals surface area contributed by atoms with Crippen LogP contribution in [0, 0.1) is 0 Å². The van der Waals surface area contributed by atoms with E-state index in [2.05, 4.69) is 26.6 Å². The quantitative estimate of drug-likeness (QED) is 0.691. The van der Waals surface area contributed by atoms with Crippen molar-refractivity contribution in [3.8, 4) is 5.75 Å². The summed E-state index contributed by atoms with van der Waals surface area (Å²) in [6.07, 6.45) is 0. The van der Waals surface area contributed by atoms with Gasteiger partial charge >= 0.3 is 12.0 Å². The number of ether oxygens (including phenoxy) is 1. The van der Waals surface area contributed by atoms with Crippen molar-refractivity contribution in [1.82, 2.24) is 10.6 Å². The fraction of sp³-hybridized carbons (Fsp3) is 0.333. The maximum atomic E-state index is 11.3. The number of halogens is 1. The Balaban J connectivity index is 2.18. The maximum Gasteiger partial charge on any atom is 0.325 e. The summed E-state index contributed by atoms with van der Waals surface area (Å²) < 4.78 is 6.34. The molecule has 19 heavy (non-hydrogen) atoms. The molecule has 6 nitrogen and oxygen atoms in total. The van der Waals surface area contributed by atoms with Gasteiger partial charge in [0.1, 0.15) is 18.4 Å². The highest BCUT2D eigenvalue weighted by Crippen LogP contribution is 2.15. The fourth-order valence-corrected chi connectivity index (χ4v) is 1.44. The Morgan fingerprint density at radius 3 is 2.58 bits per heavy atom. The Labute approximate surface area is 119 Å². The molecule has 3 N–H and O–H groups in total. The maximum absolute atomic E-state index is 11.3. The molecule has 0 aliphatic heterocycles. The average molecular weight is 331 g/mol. The number of carbonyl (C=O) groups is 2. The number of hydrogen-bond donors (Lipinski definition) is 3. The minimum absolute atomic E-state index is 0.286. The summed E-state index contributed by atoms with van der Waals surface area (Å²) in [4.78, 5) is 21.8. The molecule has 0 aliphatic rings. The molecule has 0 saturated heterocycles. The predicted octanol–water partition coefficient (Wildman–Crippen LogP) is 1.60. The number of carbonyl (C=O) groups excluding carboxylic acids is 1. The lowest BCUT2D eigenvalue weighted by atomic mass is 10.3. The van der Waals surface area contributed by atoms with Gasteiger partial charge in [0.2, 0.25) is 0 Å². The van der Waals surface area contributed by atoms with Crippen molar-refractivity contribution in [2.24, 2.45) is 0 Å². The van der Waals surface area contributed by atoms with E-state index in [1.165, 1.54) is 6.92 Å². The van der Waals surface area contributed by atoms with Gasteiger partial charge in [-0.25, -0.2) is 4.79 Å². The summed E-state index contributed by atoms with van der Waals surface area (Å²) in [7, 11) is 0. The number of urea groups is 1. The molecule has 0 radical (unpaired) electrons. The molecule has 2 amide bonds. The first-order valence-corrected chi connectivity index (χ1v) is 6.44. The van der Waals surface area contributed by atoms with Crippen LogP contribution in [0.2, 0.25) is 0 Å². The van der Waals surface area contributed by atoms with E-state index in [0.29, 0.717) is 12.4 Å². The molecule has 0 heterocycles. The Kier molecular flexibility index (Phi) is 6.14. The largest absolute Gasteiger partial charge is 0.492 e. The number of benzene rings is 1. The smallest absolute Gasteiger partial charge is 0.325 e. The molecular formula is C12H15BrN2O4. The van der Waals surface area contributed by atoms with Crippen LogP contribution in [0.15, 0.2) is 28.7 Å². The van der Waals surface area contributed by atoms with Crippen LogP contribution < -0.4 is 15.4 Å². The number of aliphatic carboxylic acids is 1. The summed E-state index contributed by atoms with van der Waals surface area (Å²) in [6, 6.07) is 5.85. The minimum atomic E-state index is -1.08. The molecule has 0 aromatic heterocycles. The molecule has 1 aromatic rings. The zero-order chi connectivity index (χ0) is 14.3. The summed E-state index contributed by atoms with van der Waals surface area (Å²) in [6.45, 7) is 1.98. The average Bonchev–Trinajstić information content (AvgIpc) is 2.36. The lowest BCUT2D eigenvalue weighted by Crippen LogP contribution is -2.45. The van der Waals surface area contributed by atoms with Gasteiger partial charge in [0.05, 0.1) is 6.54 Å². The molecule has 1 rings (SSSR count). The summed E-state index contributed by atoms with van der Waals surface area (Å²) >= 11 is 3.31. The van der Waals surface area contributed by atoms with Crippen LogP contribution in [0.5, 0.6) is 5.75 Å². The first-order chi connectivity index (χ1) is 8.99. The van der Waals surface area contributed by atoms with Crippen LogP contribution in [0.4, 0.5) is 4.79 Å². The van der Waals surface area contributed by atoms with Crippen LogP contribution in [-0.4, -0.2) is 36.3 Å². The van der Waals surface area contributed by atoms with E-state index >= 15 is 0 Å². The van der Waals surface area contributed by atoms with Crippen LogP contribution >= 0.6 is 15.9 Å². The molecule has 104 valence electrons. The highest BCUT2D eigenvalue weighted by atomic mass is 79.9. The normalized spacial score (nSPS) is 11.5. The van der Waals surface area contributed by atoms with Gasteiger partial charge < -0.3 is 20.5 Å². The van der Waals surface area contributed by atoms with Gasteiger partial charge in [-0.2, -0.15) is 0 Å².